The highest BCUT2D eigenvalue weighted by atomic mass is 16.5. The molecule has 0 bridgehead atoms. The molecule has 24 N–H and O–H groups in total. The van der Waals surface area contributed by atoms with Crippen LogP contribution < -0.4 is 102 Å². The van der Waals surface area contributed by atoms with Crippen LogP contribution in [0.2, 0.25) is 0 Å². The summed E-state index contributed by atoms with van der Waals surface area (Å²) in [6, 6.07) is 4.13. The zero-order chi connectivity index (χ0) is 76.3. The van der Waals surface area contributed by atoms with Crippen molar-refractivity contribution in [3.63, 3.8) is 0 Å². The number of carbonyl (C=O) groups excluding carboxylic acids is 12. The van der Waals surface area contributed by atoms with Crippen molar-refractivity contribution in [2.24, 2.45) is 50.5 Å². The highest BCUT2D eigenvalue weighted by molar-refractivity contribution is 5.96. The minimum atomic E-state index is -1.32. The van der Waals surface area contributed by atoms with E-state index in [0.29, 0.717) is 24.3 Å². The van der Waals surface area contributed by atoms with E-state index < -0.39 is 157 Å². The number of benzene rings is 2. The quantitative estimate of drug-likeness (QED) is 0.0127. The van der Waals surface area contributed by atoms with E-state index in [1.54, 1.807) is 90.3 Å². The largest absolute Gasteiger partial charge is 0.494 e. The van der Waals surface area contributed by atoms with Crippen molar-refractivity contribution in [1.82, 2.24) is 63.8 Å². The lowest BCUT2D eigenvalue weighted by molar-refractivity contribution is -0.139. The van der Waals surface area contributed by atoms with E-state index in [9.17, 15) is 67.1 Å². The number of rotatable bonds is 52. The Morgan fingerprint density at radius 2 is 0.843 bits per heavy atom. The standard InChI is InChI=1S/C65H103N19O18/c1-37(2)55(62(99)81-46(11-7-23-75-64(67)68)58(95)77-33-51(88)79-41(35-85)31-53(90)91)83-60(97)48(71-5)29-39-13-17-43(18-14-39)101-27-9-25-73-50(87)22-21-45(66)57(94)74-26-10-28-102-44-19-15-40(16-20-44)30-49(72-6)61(98)84-56(38(3)4)63(100)82-47(12-8-24-76-65(69)70)59(96)78-34-52(89)80-42(36-86)32-54(92)93/h13-20,35-38,41-42,45-49,55-56,71-72H,7-12,21-34,66H2,1-6H3,(H,73,87)(H,74,94)(H,77,95)(H,78,96)(H,79,88)(H,80,89)(H,81,99)(H,82,100)(H,83,97)(H,84,98)(H,90,91)(H,92,93)(H4,67,68,75)(H4,69,70,76). The average Bonchev–Trinajstić information content (AvgIpc) is 0.862. The van der Waals surface area contributed by atoms with E-state index in [-0.39, 0.29) is 121 Å². The van der Waals surface area contributed by atoms with Gasteiger partial charge in [0.05, 0.1) is 69.4 Å². The minimum Gasteiger partial charge on any atom is -0.494 e. The molecule has 0 radical (unpaired) electrons. The van der Waals surface area contributed by atoms with E-state index in [4.69, 9.17) is 48.4 Å². The summed E-state index contributed by atoms with van der Waals surface area (Å²) >= 11 is 0. The first kappa shape index (κ1) is 87.5. The fraction of sp³-hybridized carbons (Fsp3) is 0.569. The van der Waals surface area contributed by atoms with Crippen LogP contribution in [0, 0.1) is 11.8 Å². The number of hydrogen-bond acceptors (Lipinski definition) is 21. The smallest absolute Gasteiger partial charge is 0.305 e. The third kappa shape index (κ3) is 36.5. The van der Waals surface area contributed by atoms with Crippen molar-refractivity contribution in [3.8, 4) is 11.5 Å². The van der Waals surface area contributed by atoms with Gasteiger partial charge in [0.25, 0.3) is 0 Å². The number of aliphatic carboxylic acids is 2. The molecule has 0 aliphatic carbocycles. The molecule has 0 saturated heterocycles. The summed E-state index contributed by atoms with van der Waals surface area (Å²) in [7, 11) is 3.17. The van der Waals surface area contributed by atoms with E-state index in [0.717, 1.165) is 11.1 Å². The minimum absolute atomic E-state index is 0.00510. The first-order chi connectivity index (χ1) is 48.4. The first-order valence-corrected chi connectivity index (χ1v) is 33.3. The number of aliphatic imine (C=N–C) groups is 2. The van der Waals surface area contributed by atoms with Crippen LogP contribution in [0.4, 0.5) is 0 Å². The van der Waals surface area contributed by atoms with Gasteiger partial charge in [-0.3, -0.25) is 67.5 Å². The number of ether oxygens (including phenoxy) is 2. The van der Waals surface area contributed by atoms with Gasteiger partial charge in [0.15, 0.2) is 11.9 Å². The van der Waals surface area contributed by atoms with Crippen molar-refractivity contribution in [2.45, 2.75) is 159 Å². The number of carboxylic acids is 2. The van der Waals surface area contributed by atoms with Gasteiger partial charge in [0, 0.05) is 32.6 Å². The summed E-state index contributed by atoms with van der Waals surface area (Å²) in [5.74, 6) is -9.24. The molecule has 2 rings (SSSR count). The zero-order valence-electron chi connectivity index (χ0n) is 58.5. The van der Waals surface area contributed by atoms with Crippen LogP contribution in [0.15, 0.2) is 58.5 Å². The van der Waals surface area contributed by atoms with Crippen molar-refractivity contribution >= 4 is 95.5 Å². The summed E-state index contributed by atoms with van der Waals surface area (Å²) in [5.41, 5.74) is 29.3. The van der Waals surface area contributed by atoms with Crippen LogP contribution >= 0.6 is 0 Å². The molecule has 566 valence electrons. The first-order valence-electron chi connectivity index (χ1n) is 33.3. The van der Waals surface area contributed by atoms with Crippen molar-refractivity contribution < 1.29 is 86.8 Å². The van der Waals surface area contributed by atoms with Crippen LogP contribution in [0.25, 0.3) is 0 Å². The van der Waals surface area contributed by atoms with E-state index >= 15 is 0 Å². The normalized spacial score (nSPS) is 13.5. The Hall–Kier alpha value is -10.6. The van der Waals surface area contributed by atoms with Crippen LogP contribution in [-0.4, -0.2) is 227 Å². The SMILES string of the molecule is CNC(Cc1ccc(OCCCNC(=O)CCC(N)C(=O)NCCCOc2ccc(CC(NC)C(=O)NC(C(=O)NC(CCCN=C(N)N)C(=O)NCC(=O)NC(C=O)CC(=O)O)C(C)C)cc2)cc1)C(=O)NC(C(=O)NC(CCCN=C(N)N)C(=O)NCC(=O)NC(C=O)CC(=O)O)C(C)C. The third-order valence-corrected chi connectivity index (χ3v) is 15.2. The number of aldehydes is 2. The van der Waals surface area contributed by atoms with E-state index in [2.05, 4.69) is 73.8 Å². The predicted octanol–water partition coefficient (Wildman–Crippen LogP) is -5.57. The molecule has 0 aliphatic rings. The Balaban J connectivity index is 1.80. The maximum Gasteiger partial charge on any atom is 0.305 e. The molecule has 0 heterocycles. The van der Waals surface area contributed by atoms with Crippen LogP contribution in [0.1, 0.15) is 103 Å². The van der Waals surface area contributed by atoms with Gasteiger partial charge in [-0.2, -0.15) is 0 Å². The Labute approximate surface area is 591 Å². The predicted molar refractivity (Wildman–Crippen MR) is 373 cm³/mol. The second-order valence-electron chi connectivity index (χ2n) is 24.3. The van der Waals surface area contributed by atoms with Gasteiger partial charge in [-0.15, -0.1) is 0 Å². The number of nitrogens with one attached hydrogen (secondary N) is 12. The number of amides is 10. The molecule has 2 aromatic rings. The zero-order valence-corrected chi connectivity index (χ0v) is 58.5. The Morgan fingerprint density at radius 1 is 0.461 bits per heavy atom. The molecule has 0 spiro atoms. The number of carbonyl (C=O) groups is 14. The van der Waals surface area contributed by atoms with Crippen LogP contribution in [-0.2, 0) is 80.0 Å². The lowest BCUT2D eigenvalue weighted by Crippen LogP contribution is -2.58. The number of nitrogens with zero attached hydrogens (tertiary/aromatic N) is 2. The van der Waals surface area contributed by atoms with Crippen LogP contribution in [0.5, 0.6) is 11.5 Å². The third-order valence-electron chi connectivity index (χ3n) is 15.2. The number of carboxylic acid groups (broad SMARTS) is 2. The monoisotopic (exact) mass is 1440 g/mol. The van der Waals surface area contributed by atoms with Gasteiger partial charge in [0.2, 0.25) is 59.1 Å². The lowest BCUT2D eigenvalue weighted by Gasteiger charge is -2.27. The molecule has 0 saturated carbocycles. The van der Waals surface area contributed by atoms with Gasteiger partial charge in [-0.1, -0.05) is 52.0 Å². The molecule has 0 fully saturated rings. The van der Waals surface area contributed by atoms with Crippen molar-refractivity contribution in [3.05, 3.63) is 59.7 Å². The van der Waals surface area contributed by atoms with E-state index in [1.807, 2.05) is 0 Å². The molecular weight excluding hydrogens is 1330 g/mol. The molecule has 9 unspecified atom stereocenters. The van der Waals surface area contributed by atoms with Gasteiger partial charge in [-0.25, -0.2) is 0 Å². The summed E-state index contributed by atoms with van der Waals surface area (Å²) in [6.07, 6.45) is 1.08. The summed E-state index contributed by atoms with van der Waals surface area (Å²) in [6.45, 7) is 6.78. The Bertz CT molecular complexity index is 3130. The van der Waals surface area contributed by atoms with Crippen molar-refractivity contribution in [1.29, 1.82) is 0 Å². The van der Waals surface area contributed by atoms with E-state index in [1.165, 1.54) is 0 Å². The van der Waals surface area contributed by atoms with Gasteiger partial charge in [-0.05, 0) is 119 Å². The summed E-state index contributed by atoms with van der Waals surface area (Å²) in [5, 5.41) is 49.3. The molecule has 0 aliphatic heterocycles. The van der Waals surface area contributed by atoms with Crippen molar-refractivity contribution in [2.75, 3.05) is 66.6 Å². The number of likely N-dealkylation sites (N-methyl/N-ethyl adjacent to an activating group) is 2. The molecule has 37 heteroatoms. The summed E-state index contributed by atoms with van der Waals surface area (Å²) in [4.78, 5) is 183. The highest BCUT2D eigenvalue weighted by Gasteiger charge is 2.33. The van der Waals surface area contributed by atoms with Gasteiger partial charge in [0.1, 0.15) is 48.2 Å². The lowest BCUT2D eigenvalue weighted by atomic mass is 10.00. The fourth-order valence-corrected chi connectivity index (χ4v) is 9.55. The molecule has 10 amide bonds. The Kier molecular flexibility index (Phi) is 41.4. The fourth-order valence-electron chi connectivity index (χ4n) is 9.55. The number of nitrogens with two attached hydrogens (primary N) is 5. The maximum absolute atomic E-state index is 13.7. The Morgan fingerprint density at radius 3 is 1.19 bits per heavy atom. The number of hydrogen-bond donors (Lipinski definition) is 19. The average molecular weight is 1440 g/mol. The number of guanidine groups is 2. The molecule has 9 atom stereocenters. The summed E-state index contributed by atoms with van der Waals surface area (Å²) < 4.78 is 11.7. The maximum atomic E-state index is 13.7. The second-order valence-corrected chi connectivity index (χ2v) is 24.3. The molecule has 102 heavy (non-hydrogen) atoms. The molecule has 2 aromatic carbocycles. The van der Waals surface area contributed by atoms with Gasteiger partial charge >= 0.3 is 11.9 Å². The topological polar surface area (TPSA) is 597 Å². The molecule has 0 aromatic heterocycles. The molecular formula is C65H103N19O18. The van der Waals surface area contributed by atoms with Crippen LogP contribution in [0.3, 0.4) is 0 Å². The highest BCUT2D eigenvalue weighted by Crippen LogP contribution is 2.17. The van der Waals surface area contributed by atoms with Gasteiger partial charge < -0.3 is 122 Å². The second kappa shape index (κ2) is 48.3. The molecule has 37 nitrogen and oxygen atoms in total.